The van der Waals surface area contributed by atoms with Crippen LogP contribution in [0.1, 0.15) is 25.5 Å². The fourth-order valence-corrected chi connectivity index (χ4v) is 2.68. The number of aromatic nitrogens is 1. The Morgan fingerprint density at radius 1 is 1.39 bits per heavy atom. The van der Waals surface area contributed by atoms with E-state index >= 15 is 0 Å². The first-order valence-corrected chi connectivity index (χ1v) is 6.56. The number of pyridine rings is 1. The van der Waals surface area contributed by atoms with E-state index in [1.54, 1.807) is 0 Å². The van der Waals surface area contributed by atoms with Gasteiger partial charge >= 0.3 is 0 Å². The van der Waals surface area contributed by atoms with Gasteiger partial charge in [0.05, 0.1) is 11.2 Å². The molecule has 3 rings (SSSR count). The lowest BCUT2D eigenvalue weighted by molar-refractivity contribution is 0.253. The van der Waals surface area contributed by atoms with Crippen molar-refractivity contribution in [2.24, 2.45) is 0 Å². The molecule has 0 amide bonds. The quantitative estimate of drug-likeness (QED) is 0.879. The van der Waals surface area contributed by atoms with E-state index in [0.717, 1.165) is 29.7 Å². The average Bonchev–Trinajstić information content (AvgIpc) is 2.76. The van der Waals surface area contributed by atoms with E-state index in [-0.39, 0.29) is 0 Å². The highest BCUT2D eigenvalue weighted by molar-refractivity contribution is 5.80. The first-order chi connectivity index (χ1) is 8.74. The summed E-state index contributed by atoms with van der Waals surface area (Å²) in [6.07, 6.45) is 2.49. The molecule has 3 nitrogen and oxygen atoms in total. The molecule has 1 saturated heterocycles. The van der Waals surface area contributed by atoms with E-state index in [9.17, 15) is 5.11 Å². The molecular weight excluding hydrogens is 224 g/mol. The minimum Gasteiger partial charge on any atom is -0.506 e. The molecule has 0 spiro atoms. The molecule has 1 aliphatic heterocycles. The van der Waals surface area contributed by atoms with Crippen LogP contribution in [-0.4, -0.2) is 27.6 Å². The topological polar surface area (TPSA) is 36.4 Å². The van der Waals surface area contributed by atoms with Crippen LogP contribution in [-0.2, 0) is 6.54 Å². The van der Waals surface area contributed by atoms with Crippen molar-refractivity contribution in [3.8, 4) is 5.75 Å². The Kier molecular flexibility index (Phi) is 2.92. The van der Waals surface area contributed by atoms with Crippen LogP contribution >= 0.6 is 0 Å². The third kappa shape index (κ3) is 2.06. The second-order valence-corrected chi connectivity index (χ2v) is 5.11. The first-order valence-electron chi connectivity index (χ1n) is 6.56. The van der Waals surface area contributed by atoms with Crippen LogP contribution < -0.4 is 0 Å². The summed E-state index contributed by atoms with van der Waals surface area (Å²) >= 11 is 0. The van der Waals surface area contributed by atoms with Crippen molar-refractivity contribution in [2.45, 2.75) is 32.4 Å². The molecule has 1 fully saturated rings. The summed E-state index contributed by atoms with van der Waals surface area (Å²) < 4.78 is 0. The molecule has 0 aliphatic carbocycles. The number of nitrogens with zero attached hydrogens (tertiary/aromatic N) is 2. The van der Waals surface area contributed by atoms with Gasteiger partial charge in [0, 0.05) is 18.0 Å². The van der Waals surface area contributed by atoms with E-state index in [2.05, 4.69) is 16.8 Å². The van der Waals surface area contributed by atoms with Crippen LogP contribution in [0.15, 0.2) is 30.3 Å². The normalized spacial score (nSPS) is 20.6. The summed E-state index contributed by atoms with van der Waals surface area (Å²) in [7, 11) is 0. The van der Waals surface area contributed by atoms with Crippen LogP contribution in [0.5, 0.6) is 5.75 Å². The van der Waals surface area contributed by atoms with Crippen LogP contribution in [0.3, 0.4) is 0 Å². The van der Waals surface area contributed by atoms with Gasteiger partial charge in [-0.3, -0.25) is 4.90 Å². The monoisotopic (exact) mass is 242 g/mol. The lowest BCUT2D eigenvalue weighted by Gasteiger charge is -2.20. The molecule has 18 heavy (non-hydrogen) atoms. The number of hydrogen-bond donors (Lipinski definition) is 1. The Morgan fingerprint density at radius 3 is 3.00 bits per heavy atom. The molecule has 94 valence electrons. The van der Waals surface area contributed by atoms with Gasteiger partial charge in [0.15, 0.2) is 0 Å². The molecule has 0 radical (unpaired) electrons. The van der Waals surface area contributed by atoms with Crippen LogP contribution in [0.2, 0.25) is 0 Å². The van der Waals surface area contributed by atoms with Gasteiger partial charge in [0.1, 0.15) is 5.75 Å². The second kappa shape index (κ2) is 4.58. The van der Waals surface area contributed by atoms with E-state index in [1.165, 1.54) is 12.8 Å². The predicted octanol–water partition coefficient (Wildman–Crippen LogP) is 2.92. The molecule has 1 atom stereocenters. The summed E-state index contributed by atoms with van der Waals surface area (Å²) in [5, 5.41) is 11.1. The predicted molar refractivity (Wildman–Crippen MR) is 72.5 cm³/mol. The molecule has 2 heterocycles. The number of aromatic hydroxyl groups is 1. The van der Waals surface area contributed by atoms with Gasteiger partial charge in [-0.2, -0.15) is 0 Å². The summed E-state index contributed by atoms with van der Waals surface area (Å²) in [6.45, 7) is 4.10. The van der Waals surface area contributed by atoms with Crippen molar-refractivity contribution < 1.29 is 5.11 Å². The van der Waals surface area contributed by atoms with Gasteiger partial charge in [0.2, 0.25) is 0 Å². The van der Waals surface area contributed by atoms with Gasteiger partial charge in [-0.1, -0.05) is 18.2 Å². The fraction of sp³-hybridized carbons (Fsp3) is 0.400. The van der Waals surface area contributed by atoms with E-state index in [4.69, 9.17) is 0 Å². The Hall–Kier alpha value is -1.61. The zero-order valence-electron chi connectivity index (χ0n) is 10.6. The van der Waals surface area contributed by atoms with Crippen molar-refractivity contribution in [3.63, 3.8) is 0 Å². The Labute approximate surface area is 107 Å². The molecule has 1 aromatic carbocycles. The van der Waals surface area contributed by atoms with Crippen LogP contribution in [0, 0.1) is 0 Å². The zero-order chi connectivity index (χ0) is 12.5. The highest BCUT2D eigenvalue weighted by Gasteiger charge is 2.21. The first kappa shape index (κ1) is 11.5. The zero-order valence-corrected chi connectivity index (χ0v) is 10.6. The standard InChI is InChI=1S/C15H18N2O/c1-11-5-4-8-17(11)10-14-15(18)9-12-6-2-3-7-13(12)16-14/h2-3,6-7,9,11,18H,4-5,8,10H2,1H3. The van der Waals surface area contributed by atoms with Gasteiger partial charge in [-0.25, -0.2) is 4.98 Å². The third-order valence-corrected chi connectivity index (χ3v) is 3.82. The van der Waals surface area contributed by atoms with E-state index in [0.29, 0.717) is 11.8 Å². The summed E-state index contributed by atoms with van der Waals surface area (Å²) in [6, 6.07) is 10.3. The minimum absolute atomic E-state index is 0.313. The highest BCUT2D eigenvalue weighted by atomic mass is 16.3. The molecule has 0 bridgehead atoms. The molecule has 1 unspecified atom stereocenters. The molecule has 0 saturated carbocycles. The SMILES string of the molecule is CC1CCCN1Cc1nc2ccccc2cc1O. The number of benzene rings is 1. The second-order valence-electron chi connectivity index (χ2n) is 5.11. The van der Waals surface area contributed by atoms with Crippen molar-refractivity contribution in [3.05, 3.63) is 36.0 Å². The van der Waals surface area contributed by atoms with Gasteiger partial charge in [-0.15, -0.1) is 0 Å². The number of rotatable bonds is 2. The summed E-state index contributed by atoms with van der Waals surface area (Å²) in [5.41, 5.74) is 1.75. The Morgan fingerprint density at radius 2 is 2.22 bits per heavy atom. The van der Waals surface area contributed by atoms with Crippen molar-refractivity contribution in [2.75, 3.05) is 6.54 Å². The summed E-state index contributed by atoms with van der Waals surface area (Å²) in [4.78, 5) is 6.97. The minimum atomic E-state index is 0.313. The van der Waals surface area contributed by atoms with E-state index < -0.39 is 0 Å². The maximum Gasteiger partial charge on any atom is 0.139 e. The largest absolute Gasteiger partial charge is 0.506 e. The lowest BCUT2D eigenvalue weighted by Crippen LogP contribution is -2.26. The molecule has 1 aliphatic rings. The fourth-order valence-electron chi connectivity index (χ4n) is 2.68. The van der Waals surface area contributed by atoms with Crippen molar-refractivity contribution in [1.82, 2.24) is 9.88 Å². The molecule has 1 N–H and O–H groups in total. The maximum absolute atomic E-state index is 10.1. The molecular formula is C15H18N2O. The van der Waals surface area contributed by atoms with E-state index in [1.807, 2.05) is 30.3 Å². The third-order valence-electron chi connectivity index (χ3n) is 3.82. The number of likely N-dealkylation sites (tertiary alicyclic amines) is 1. The lowest BCUT2D eigenvalue weighted by atomic mass is 10.2. The van der Waals surface area contributed by atoms with Gasteiger partial charge < -0.3 is 5.11 Å². The molecule has 3 heteroatoms. The number of fused-ring (bicyclic) bond motifs is 1. The highest BCUT2D eigenvalue weighted by Crippen LogP contribution is 2.25. The number of hydrogen-bond acceptors (Lipinski definition) is 3. The van der Waals surface area contributed by atoms with Crippen molar-refractivity contribution >= 4 is 10.9 Å². The van der Waals surface area contributed by atoms with Crippen LogP contribution in [0.4, 0.5) is 0 Å². The average molecular weight is 242 g/mol. The maximum atomic E-state index is 10.1. The smallest absolute Gasteiger partial charge is 0.139 e. The van der Waals surface area contributed by atoms with Crippen molar-refractivity contribution in [1.29, 1.82) is 0 Å². The van der Waals surface area contributed by atoms with Gasteiger partial charge in [0.25, 0.3) is 0 Å². The van der Waals surface area contributed by atoms with Crippen LogP contribution in [0.25, 0.3) is 10.9 Å². The Balaban J connectivity index is 1.93. The molecule has 1 aromatic heterocycles. The summed E-state index contributed by atoms with van der Waals surface area (Å²) in [5.74, 6) is 0.313. The number of para-hydroxylation sites is 1. The molecule has 2 aromatic rings. The van der Waals surface area contributed by atoms with Gasteiger partial charge in [-0.05, 0) is 38.4 Å². The Bertz CT molecular complexity index is 567.